The first kappa shape index (κ1) is 6.89. The van der Waals surface area contributed by atoms with Crippen LogP contribution in [0.3, 0.4) is 0 Å². The van der Waals surface area contributed by atoms with E-state index in [0.717, 1.165) is 12.8 Å². The molecule has 3 atom stereocenters. The predicted octanol–water partition coefficient (Wildman–Crippen LogP) is 1.09. The van der Waals surface area contributed by atoms with E-state index in [1.54, 1.807) is 0 Å². The van der Waals surface area contributed by atoms with Crippen LogP contribution in [0.1, 0.15) is 19.8 Å². The summed E-state index contributed by atoms with van der Waals surface area (Å²) in [6, 6.07) is 0.387. The van der Waals surface area contributed by atoms with Crippen LogP contribution < -0.4 is 5.32 Å². The summed E-state index contributed by atoms with van der Waals surface area (Å²) in [7, 11) is 0. The molecule has 2 aliphatic rings. The van der Waals surface area contributed by atoms with Crippen LogP contribution in [-0.2, 0) is 4.79 Å². The Bertz CT molecular complexity index is 210. The Kier molecular flexibility index (Phi) is 1.48. The van der Waals surface area contributed by atoms with Crippen LogP contribution in [0.25, 0.3) is 0 Å². The lowest BCUT2D eigenvalue weighted by Crippen LogP contribution is -2.25. The summed E-state index contributed by atoms with van der Waals surface area (Å²) >= 11 is 0. The van der Waals surface area contributed by atoms with Crippen LogP contribution in [0.2, 0.25) is 0 Å². The zero-order chi connectivity index (χ0) is 7.84. The number of carbonyl (C=O) groups excluding carboxylic acids is 1. The molecule has 1 amide bonds. The molecule has 1 aliphatic heterocycles. The van der Waals surface area contributed by atoms with Gasteiger partial charge in [-0.25, -0.2) is 0 Å². The smallest absolute Gasteiger partial charge is 0.224 e. The van der Waals surface area contributed by atoms with Crippen LogP contribution >= 0.6 is 0 Å². The fraction of sp³-hybridized carbons (Fsp3) is 0.667. The summed E-state index contributed by atoms with van der Waals surface area (Å²) in [5, 5.41) is 2.98. The average Bonchev–Trinajstić information content (AvgIpc) is 2.30. The van der Waals surface area contributed by atoms with Gasteiger partial charge < -0.3 is 5.32 Å². The third-order valence-electron chi connectivity index (χ3n) is 2.83. The Labute approximate surface area is 66.7 Å². The Hall–Kier alpha value is -0.790. The molecule has 2 nitrogen and oxygen atoms in total. The molecule has 0 aromatic carbocycles. The number of carbonyl (C=O) groups is 1. The highest BCUT2D eigenvalue weighted by Gasteiger charge is 2.39. The maximum absolute atomic E-state index is 11.3. The third kappa shape index (κ3) is 0.971. The molecule has 2 heteroatoms. The lowest BCUT2D eigenvalue weighted by Gasteiger charge is -2.20. The summed E-state index contributed by atoms with van der Waals surface area (Å²) < 4.78 is 0. The van der Waals surface area contributed by atoms with Crippen LogP contribution in [0.15, 0.2) is 12.2 Å². The standard InChI is InChI=1S/C9H13NO/c1-6-7-4-2-3-5-8(7)9(11)10-6/h2-3,6-8H,4-5H2,1H3,(H,10,11). The lowest BCUT2D eigenvalue weighted by molar-refractivity contribution is -0.123. The van der Waals surface area contributed by atoms with Crippen molar-refractivity contribution in [2.75, 3.05) is 0 Å². The van der Waals surface area contributed by atoms with E-state index in [1.165, 1.54) is 0 Å². The lowest BCUT2D eigenvalue weighted by atomic mass is 9.82. The molecule has 0 spiro atoms. The molecule has 1 fully saturated rings. The van der Waals surface area contributed by atoms with Crippen molar-refractivity contribution in [3.8, 4) is 0 Å². The number of hydrogen-bond donors (Lipinski definition) is 1. The highest BCUT2D eigenvalue weighted by molar-refractivity contribution is 5.82. The maximum atomic E-state index is 11.3. The Morgan fingerprint density at radius 1 is 1.45 bits per heavy atom. The second kappa shape index (κ2) is 2.36. The van der Waals surface area contributed by atoms with Gasteiger partial charge in [0.2, 0.25) is 5.91 Å². The molecule has 3 unspecified atom stereocenters. The van der Waals surface area contributed by atoms with Crippen LogP contribution in [0.4, 0.5) is 0 Å². The second-order valence-corrected chi connectivity index (χ2v) is 3.51. The number of hydrogen-bond acceptors (Lipinski definition) is 1. The Balaban J connectivity index is 2.21. The van der Waals surface area contributed by atoms with E-state index in [-0.39, 0.29) is 11.8 Å². The van der Waals surface area contributed by atoms with Gasteiger partial charge in [0.05, 0.1) is 0 Å². The molecule has 2 rings (SSSR count). The minimum atomic E-state index is 0.256. The first-order valence-electron chi connectivity index (χ1n) is 4.24. The molecule has 1 saturated heterocycles. The SMILES string of the molecule is CC1NC(=O)C2CC=CCC12. The van der Waals surface area contributed by atoms with Crippen molar-refractivity contribution in [3.63, 3.8) is 0 Å². The molecule has 60 valence electrons. The van der Waals surface area contributed by atoms with Gasteiger partial charge in [-0.1, -0.05) is 12.2 Å². The minimum Gasteiger partial charge on any atom is -0.353 e. The molecule has 0 saturated carbocycles. The summed E-state index contributed by atoms with van der Waals surface area (Å²) in [5.74, 6) is 1.09. The first-order chi connectivity index (χ1) is 5.29. The van der Waals surface area contributed by atoms with Gasteiger partial charge in [0.1, 0.15) is 0 Å². The van der Waals surface area contributed by atoms with Crippen molar-refractivity contribution in [1.29, 1.82) is 0 Å². The fourth-order valence-electron chi connectivity index (χ4n) is 2.13. The van der Waals surface area contributed by atoms with Gasteiger partial charge in [-0.2, -0.15) is 0 Å². The third-order valence-corrected chi connectivity index (χ3v) is 2.83. The quantitative estimate of drug-likeness (QED) is 0.516. The van der Waals surface area contributed by atoms with Crippen molar-refractivity contribution in [2.45, 2.75) is 25.8 Å². The number of rotatable bonds is 0. The van der Waals surface area contributed by atoms with Crippen molar-refractivity contribution < 1.29 is 4.79 Å². The molecule has 0 aromatic rings. The Morgan fingerprint density at radius 3 is 2.91 bits per heavy atom. The topological polar surface area (TPSA) is 29.1 Å². The van der Waals surface area contributed by atoms with E-state index in [2.05, 4.69) is 24.4 Å². The maximum Gasteiger partial charge on any atom is 0.224 e. The molecule has 0 bridgehead atoms. The molecule has 0 radical (unpaired) electrons. The zero-order valence-corrected chi connectivity index (χ0v) is 6.71. The second-order valence-electron chi connectivity index (χ2n) is 3.51. The molecular weight excluding hydrogens is 138 g/mol. The summed E-state index contributed by atoms with van der Waals surface area (Å²) in [6.45, 7) is 2.10. The first-order valence-corrected chi connectivity index (χ1v) is 4.24. The van der Waals surface area contributed by atoms with E-state index in [1.807, 2.05) is 0 Å². The molecule has 1 aliphatic carbocycles. The van der Waals surface area contributed by atoms with Crippen LogP contribution in [0, 0.1) is 11.8 Å². The van der Waals surface area contributed by atoms with Gasteiger partial charge in [0.15, 0.2) is 0 Å². The van der Waals surface area contributed by atoms with E-state index in [4.69, 9.17) is 0 Å². The normalized spacial score (nSPS) is 41.9. The van der Waals surface area contributed by atoms with Crippen molar-refractivity contribution in [2.24, 2.45) is 11.8 Å². The highest BCUT2D eigenvalue weighted by Crippen LogP contribution is 2.32. The minimum absolute atomic E-state index is 0.256. The number of allylic oxidation sites excluding steroid dienone is 2. The van der Waals surface area contributed by atoms with Crippen LogP contribution in [-0.4, -0.2) is 11.9 Å². The molecular formula is C9H13NO. The highest BCUT2D eigenvalue weighted by atomic mass is 16.2. The summed E-state index contributed by atoms with van der Waals surface area (Å²) in [4.78, 5) is 11.3. The number of fused-ring (bicyclic) bond motifs is 1. The van der Waals surface area contributed by atoms with Crippen molar-refractivity contribution in [3.05, 3.63) is 12.2 Å². The van der Waals surface area contributed by atoms with Gasteiger partial charge in [-0.05, 0) is 25.7 Å². The predicted molar refractivity (Wildman–Crippen MR) is 43.0 cm³/mol. The van der Waals surface area contributed by atoms with Crippen molar-refractivity contribution in [1.82, 2.24) is 5.32 Å². The monoisotopic (exact) mass is 151 g/mol. The zero-order valence-electron chi connectivity index (χ0n) is 6.71. The van der Waals surface area contributed by atoms with Crippen LogP contribution in [0.5, 0.6) is 0 Å². The number of nitrogens with one attached hydrogen (secondary N) is 1. The molecule has 0 aromatic heterocycles. The van der Waals surface area contributed by atoms with Gasteiger partial charge in [-0.3, -0.25) is 4.79 Å². The van der Waals surface area contributed by atoms with E-state index >= 15 is 0 Å². The van der Waals surface area contributed by atoms with E-state index in [9.17, 15) is 4.79 Å². The number of amides is 1. The largest absolute Gasteiger partial charge is 0.353 e. The van der Waals surface area contributed by atoms with E-state index < -0.39 is 0 Å². The fourth-order valence-corrected chi connectivity index (χ4v) is 2.13. The van der Waals surface area contributed by atoms with Gasteiger partial charge >= 0.3 is 0 Å². The average molecular weight is 151 g/mol. The van der Waals surface area contributed by atoms with Crippen molar-refractivity contribution >= 4 is 5.91 Å². The summed E-state index contributed by atoms with van der Waals surface area (Å²) in [6.07, 6.45) is 6.34. The van der Waals surface area contributed by atoms with E-state index in [0.29, 0.717) is 12.0 Å². The van der Waals surface area contributed by atoms with Gasteiger partial charge in [0.25, 0.3) is 0 Å². The van der Waals surface area contributed by atoms with Gasteiger partial charge in [0, 0.05) is 12.0 Å². The molecule has 1 heterocycles. The Morgan fingerprint density at radius 2 is 2.18 bits per heavy atom. The molecule has 11 heavy (non-hydrogen) atoms. The van der Waals surface area contributed by atoms with Gasteiger partial charge in [-0.15, -0.1) is 0 Å². The summed E-state index contributed by atoms with van der Waals surface area (Å²) in [5.41, 5.74) is 0. The molecule has 1 N–H and O–H groups in total.